The summed E-state index contributed by atoms with van der Waals surface area (Å²) in [7, 11) is 0. The van der Waals surface area contributed by atoms with Crippen LogP contribution < -0.4 is 11.1 Å². The second-order valence-corrected chi connectivity index (χ2v) is 5.11. The molecule has 3 N–H and O–H groups in total. The summed E-state index contributed by atoms with van der Waals surface area (Å²) in [6.07, 6.45) is 7.34. The van der Waals surface area contributed by atoms with Gasteiger partial charge in [0.25, 0.3) is 0 Å². The van der Waals surface area contributed by atoms with Crippen LogP contribution in [0.5, 0.6) is 0 Å². The van der Waals surface area contributed by atoms with Crippen LogP contribution in [0, 0.1) is 5.92 Å². The Labute approximate surface area is 111 Å². The molecule has 1 fully saturated rings. The quantitative estimate of drug-likeness (QED) is 0.800. The van der Waals surface area contributed by atoms with Gasteiger partial charge < -0.3 is 11.1 Å². The number of carbonyl (C=O) groups is 1. The van der Waals surface area contributed by atoms with Crippen LogP contribution in [-0.4, -0.2) is 18.0 Å². The smallest absolute Gasteiger partial charge is 0.240 e. The van der Waals surface area contributed by atoms with Crippen LogP contribution in [0.15, 0.2) is 0 Å². The molecule has 0 aliphatic heterocycles. The molecule has 0 atom stereocenters. The highest BCUT2D eigenvalue weighted by Gasteiger charge is 2.35. The van der Waals surface area contributed by atoms with E-state index in [0.717, 1.165) is 45.1 Å². The van der Waals surface area contributed by atoms with Gasteiger partial charge in [0, 0.05) is 6.54 Å². The topological polar surface area (TPSA) is 55.1 Å². The van der Waals surface area contributed by atoms with Gasteiger partial charge in [0.05, 0.1) is 5.54 Å². The van der Waals surface area contributed by atoms with Crippen LogP contribution in [0.3, 0.4) is 0 Å². The Kier molecular flexibility index (Phi) is 7.80. The molecule has 0 spiro atoms. The highest BCUT2D eigenvalue weighted by molar-refractivity contribution is 5.86. The van der Waals surface area contributed by atoms with Crippen molar-refractivity contribution in [3.05, 3.63) is 0 Å². The zero-order chi connectivity index (χ0) is 12.0. The summed E-state index contributed by atoms with van der Waals surface area (Å²) in [5.41, 5.74) is 5.58. The SMILES string of the molecule is CCC(CC)CNC(=O)C1(N)CCCCC1.Cl. The number of carbonyl (C=O) groups excluding carboxylic acids is 1. The van der Waals surface area contributed by atoms with E-state index in [1.807, 2.05) is 0 Å². The molecule has 0 radical (unpaired) electrons. The minimum Gasteiger partial charge on any atom is -0.354 e. The van der Waals surface area contributed by atoms with Gasteiger partial charge >= 0.3 is 0 Å². The van der Waals surface area contributed by atoms with Gasteiger partial charge in [0.1, 0.15) is 0 Å². The summed E-state index contributed by atoms with van der Waals surface area (Å²) in [4.78, 5) is 12.0. The van der Waals surface area contributed by atoms with Crippen molar-refractivity contribution in [2.45, 2.75) is 64.3 Å². The monoisotopic (exact) mass is 262 g/mol. The summed E-state index contributed by atoms with van der Waals surface area (Å²) in [5.74, 6) is 0.662. The number of nitrogens with one attached hydrogen (secondary N) is 1. The van der Waals surface area contributed by atoms with Crippen molar-refractivity contribution < 1.29 is 4.79 Å². The molecule has 1 aliphatic carbocycles. The van der Waals surface area contributed by atoms with Crippen LogP contribution in [0.4, 0.5) is 0 Å². The molecule has 0 bridgehead atoms. The Bertz CT molecular complexity index is 223. The van der Waals surface area contributed by atoms with E-state index < -0.39 is 5.54 Å². The molecule has 0 heterocycles. The molecule has 17 heavy (non-hydrogen) atoms. The number of nitrogens with two attached hydrogens (primary N) is 1. The summed E-state index contributed by atoms with van der Waals surface area (Å²) < 4.78 is 0. The van der Waals surface area contributed by atoms with Crippen LogP contribution in [0.25, 0.3) is 0 Å². The minimum absolute atomic E-state index is 0. The molecule has 1 saturated carbocycles. The first kappa shape index (κ1) is 16.7. The molecule has 0 unspecified atom stereocenters. The Morgan fingerprint density at radius 1 is 1.24 bits per heavy atom. The number of amides is 1. The predicted octanol–water partition coefficient (Wildman–Crippen LogP) is 2.62. The lowest BCUT2D eigenvalue weighted by molar-refractivity contribution is -0.127. The first-order valence-electron chi connectivity index (χ1n) is 6.69. The molecular weight excluding hydrogens is 236 g/mol. The van der Waals surface area contributed by atoms with Gasteiger partial charge in [-0.15, -0.1) is 12.4 Å². The van der Waals surface area contributed by atoms with E-state index in [1.54, 1.807) is 0 Å². The number of halogens is 1. The third-order valence-corrected chi connectivity index (χ3v) is 3.90. The fourth-order valence-electron chi connectivity index (χ4n) is 2.40. The lowest BCUT2D eigenvalue weighted by atomic mass is 9.82. The van der Waals surface area contributed by atoms with Gasteiger partial charge in [-0.05, 0) is 18.8 Å². The zero-order valence-corrected chi connectivity index (χ0v) is 11.9. The van der Waals surface area contributed by atoms with Crippen molar-refractivity contribution in [2.75, 3.05) is 6.54 Å². The fraction of sp³-hybridized carbons (Fsp3) is 0.923. The molecule has 0 aromatic carbocycles. The molecular formula is C13H27ClN2O. The van der Waals surface area contributed by atoms with E-state index in [2.05, 4.69) is 19.2 Å². The lowest BCUT2D eigenvalue weighted by Gasteiger charge is -2.32. The Morgan fingerprint density at radius 2 is 1.76 bits per heavy atom. The Balaban J connectivity index is 0.00000256. The van der Waals surface area contributed by atoms with Gasteiger partial charge in [-0.2, -0.15) is 0 Å². The number of rotatable bonds is 5. The molecule has 1 amide bonds. The van der Waals surface area contributed by atoms with E-state index in [4.69, 9.17) is 5.73 Å². The van der Waals surface area contributed by atoms with Gasteiger partial charge in [-0.1, -0.05) is 46.0 Å². The zero-order valence-electron chi connectivity index (χ0n) is 11.1. The summed E-state index contributed by atoms with van der Waals surface area (Å²) >= 11 is 0. The molecule has 102 valence electrons. The number of hydrogen-bond donors (Lipinski definition) is 2. The summed E-state index contributed by atoms with van der Waals surface area (Å²) in [6, 6.07) is 0. The Hall–Kier alpha value is -0.280. The molecule has 0 saturated heterocycles. The normalized spacial score (nSPS) is 18.6. The molecule has 4 heteroatoms. The number of hydrogen-bond acceptors (Lipinski definition) is 2. The summed E-state index contributed by atoms with van der Waals surface area (Å²) in [5, 5.41) is 3.03. The highest BCUT2D eigenvalue weighted by Crippen LogP contribution is 2.26. The fourth-order valence-corrected chi connectivity index (χ4v) is 2.40. The second kappa shape index (κ2) is 7.93. The standard InChI is InChI=1S/C13H26N2O.ClH/c1-3-11(4-2)10-15-12(16)13(14)8-6-5-7-9-13;/h11H,3-10,14H2,1-2H3,(H,15,16);1H. The maximum absolute atomic E-state index is 12.0. The molecule has 1 rings (SSSR count). The van der Waals surface area contributed by atoms with E-state index in [1.165, 1.54) is 6.42 Å². The molecule has 0 aromatic rings. The van der Waals surface area contributed by atoms with E-state index >= 15 is 0 Å². The lowest BCUT2D eigenvalue weighted by Crippen LogP contribution is -2.55. The first-order valence-corrected chi connectivity index (χ1v) is 6.69. The van der Waals surface area contributed by atoms with E-state index in [9.17, 15) is 4.79 Å². The third-order valence-electron chi connectivity index (χ3n) is 3.90. The highest BCUT2D eigenvalue weighted by atomic mass is 35.5. The van der Waals surface area contributed by atoms with Crippen molar-refractivity contribution in [1.29, 1.82) is 0 Å². The van der Waals surface area contributed by atoms with Crippen LogP contribution in [0.1, 0.15) is 58.8 Å². The minimum atomic E-state index is -0.579. The third kappa shape index (κ3) is 4.84. The first-order chi connectivity index (χ1) is 7.62. The predicted molar refractivity (Wildman–Crippen MR) is 74.3 cm³/mol. The van der Waals surface area contributed by atoms with Crippen LogP contribution in [0.2, 0.25) is 0 Å². The maximum atomic E-state index is 12.0. The van der Waals surface area contributed by atoms with Gasteiger partial charge in [0.15, 0.2) is 0 Å². The van der Waals surface area contributed by atoms with Crippen molar-refractivity contribution in [3.63, 3.8) is 0 Å². The molecule has 0 aromatic heterocycles. The van der Waals surface area contributed by atoms with Crippen molar-refractivity contribution in [1.82, 2.24) is 5.32 Å². The van der Waals surface area contributed by atoms with Crippen LogP contribution in [-0.2, 0) is 4.79 Å². The maximum Gasteiger partial charge on any atom is 0.240 e. The van der Waals surface area contributed by atoms with Crippen LogP contribution >= 0.6 is 12.4 Å². The average Bonchev–Trinajstić information content (AvgIpc) is 2.31. The van der Waals surface area contributed by atoms with Gasteiger partial charge in [-0.3, -0.25) is 4.79 Å². The largest absolute Gasteiger partial charge is 0.354 e. The van der Waals surface area contributed by atoms with Crippen molar-refractivity contribution >= 4 is 18.3 Å². The van der Waals surface area contributed by atoms with Gasteiger partial charge in [-0.25, -0.2) is 0 Å². The van der Waals surface area contributed by atoms with E-state index in [-0.39, 0.29) is 18.3 Å². The van der Waals surface area contributed by atoms with E-state index in [0.29, 0.717) is 5.92 Å². The average molecular weight is 263 g/mol. The Morgan fingerprint density at radius 3 is 2.24 bits per heavy atom. The van der Waals surface area contributed by atoms with Crippen molar-refractivity contribution in [2.24, 2.45) is 11.7 Å². The molecule has 1 aliphatic rings. The second-order valence-electron chi connectivity index (χ2n) is 5.11. The molecule has 3 nitrogen and oxygen atoms in total. The van der Waals surface area contributed by atoms with Gasteiger partial charge in [0.2, 0.25) is 5.91 Å². The van der Waals surface area contributed by atoms with Crippen molar-refractivity contribution in [3.8, 4) is 0 Å². The summed E-state index contributed by atoms with van der Waals surface area (Å²) in [6.45, 7) is 5.11.